The van der Waals surface area contributed by atoms with Gasteiger partial charge in [-0.15, -0.1) is 0 Å². The molecule has 1 amide bonds. The van der Waals surface area contributed by atoms with E-state index in [1.54, 1.807) is 31.2 Å². The summed E-state index contributed by atoms with van der Waals surface area (Å²) >= 11 is 1.29. The number of ether oxygens (including phenoxy) is 2. The molecular formula is C17H19NO5S. The Kier molecular flexibility index (Phi) is 6.43. The van der Waals surface area contributed by atoms with Gasteiger partial charge in [-0.3, -0.25) is 9.59 Å². The fourth-order valence-electron chi connectivity index (χ4n) is 2.18. The topological polar surface area (TPSA) is 72.9 Å². The van der Waals surface area contributed by atoms with Crippen molar-refractivity contribution >= 4 is 29.4 Å². The fraction of sp³-hybridized carbons (Fsp3) is 0.353. The molecule has 1 aromatic rings. The highest BCUT2D eigenvalue weighted by molar-refractivity contribution is 8.04. The number of amides is 1. The van der Waals surface area contributed by atoms with Crippen molar-refractivity contribution < 1.29 is 23.9 Å². The van der Waals surface area contributed by atoms with E-state index in [1.807, 2.05) is 0 Å². The van der Waals surface area contributed by atoms with Crippen LogP contribution in [0.5, 0.6) is 5.75 Å². The summed E-state index contributed by atoms with van der Waals surface area (Å²) in [4.78, 5) is 36.6. The summed E-state index contributed by atoms with van der Waals surface area (Å²) in [7, 11) is 0. The van der Waals surface area contributed by atoms with Crippen LogP contribution < -0.4 is 4.74 Å². The molecule has 0 aromatic heterocycles. The highest BCUT2D eigenvalue weighted by atomic mass is 32.2. The fourth-order valence-corrected chi connectivity index (χ4v) is 3.14. The summed E-state index contributed by atoms with van der Waals surface area (Å²) in [6, 6.07) is 6.96. The molecule has 1 aliphatic heterocycles. The first-order chi connectivity index (χ1) is 11.5. The molecule has 0 radical (unpaired) electrons. The highest BCUT2D eigenvalue weighted by Gasteiger charge is 2.27. The van der Waals surface area contributed by atoms with Gasteiger partial charge in [0.05, 0.1) is 35.6 Å². The molecule has 1 saturated heterocycles. The van der Waals surface area contributed by atoms with Gasteiger partial charge in [-0.2, -0.15) is 0 Å². The molecule has 1 heterocycles. The molecule has 0 bridgehead atoms. The van der Waals surface area contributed by atoms with E-state index < -0.39 is 5.97 Å². The number of nitrogens with zero attached hydrogens (tertiary/aromatic N) is 1. The van der Waals surface area contributed by atoms with Gasteiger partial charge in [0.2, 0.25) is 5.91 Å². The van der Waals surface area contributed by atoms with Gasteiger partial charge in [0.1, 0.15) is 12.4 Å². The Bertz CT molecular complexity index is 671. The number of carbonyl (C=O) groups excluding carboxylic acids is 3. The Morgan fingerprint density at radius 1 is 1.33 bits per heavy atom. The molecule has 1 aliphatic rings. The van der Waals surface area contributed by atoms with Crippen LogP contribution in [0.15, 0.2) is 35.4 Å². The molecule has 1 fully saturated rings. The van der Waals surface area contributed by atoms with Gasteiger partial charge in [-0.05, 0) is 26.0 Å². The second kappa shape index (κ2) is 8.54. The Morgan fingerprint density at radius 2 is 2.08 bits per heavy atom. The minimum absolute atomic E-state index is 0.0821. The molecule has 0 atom stereocenters. The third-order valence-electron chi connectivity index (χ3n) is 3.28. The Morgan fingerprint density at radius 3 is 2.79 bits per heavy atom. The molecule has 2 rings (SSSR count). The van der Waals surface area contributed by atoms with Crippen LogP contribution in [0, 0.1) is 0 Å². The minimum atomic E-state index is -0.470. The number of thioether (sulfide) groups is 1. The van der Waals surface area contributed by atoms with Crippen LogP contribution in [0.25, 0.3) is 0 Å². The predicted molar refractivity (Wildman–Crippen MR) is 90.8 cm³/mol. The first-order valence-electron chi connectivity index (χ1n) is 7.57. The molecule has 128 valence electrons. The first-order valence-corrected chi connectivity index (χ1v) is 8.56. The van der Waals surface area contributed by atoms with Crippen LogP contribution in [0.3, 0.4) is 0 Å². The third kappa shape index (κ3) is 4.61. The number of rotatable bonds is 7. The average Bonchev–Trinajstić information content (AvgIpc) is 2.88. The van der Waals surface area contributed by atoms with E-state index in [-0.39, 0.29) is 30.7 Å². The van der Waals surface area contributed by atoms with Crippen LogP contribution in [-0.2, 0) is 14.3 Å². The van der Waals surface area contributed by atoms with Crippen molar-refractivity contribution in [3.63, 3.8) is 0 Å². The number of hydrogen-bond acceptors (Lipinski definition) is 6. The van der Waals surface area contributed by atoms with Gasteiger partial charge in [0.15, 0.2) is 5.78 Å². The zero-order chi connectivity index (χ0) is 17.5. The van der Waals surface area contributed by atoms with Gasteiger partial charge in [0.25, 0.3) is 0 Å². The zero-order valence-corrected chi connectivity index (χ0v) is 14.4. The largest absolute Gasteiger partial charge is 0.491 e. The minimum Gasteiger partial charge on any atom is -0.491 e. The van der Waals surface area contributed by atoms with Crippen LogP contribution in [0.4, 0.5) is 0 Å². The maximum atomic E-state index is 11.9. The van der Waals surface area contributed by atoms with Crippen LogP contribution in [0.2, 0.25) is 0 Å². The van der Waals surface area contributed by atoms with Crippen molar-refractivity contribution in [3.05, 3.63) is 40.9 Å². The van der Waals surface area contributed by atoms with E-state index in [1.165, 1.54) is 29.7 Å². The molecule has 7 heteroatoms. The van der Waals surface area contributed by atoms with Crippen LogP contribution in [-0.4, -0.2) is 48.1 Å². The summed E-state index contributed by atoms with van der Waals surface area (Å²) in [5.74, 6) is 0.137. The lowest BCUT2D eigenvalue weighted by Gasteiger charge is -2.18. The van der Waals surface area contributed by atoms with E-state index in [4.69, 9.17) is 9.47 Å². The molecule has 0 N–H and O–H groups in total. The van der Waals surface area contributed by atoms with E-state index in [0.717, 1.165) is 0 Å². The van der Waals surface area contributed by atoms with Crippen molar-refractivity contribution in [3.8, 4) is 5.75 Å². The Labute approximate surface area is 144 Å². The highest BCUT2D eigenvalue weighted by Crippen LogP contribution is 2.28. The molecule has 1 aromatic carbocycles. The van der Waals surface area contributed by atoms with E-state index >= 15 is 0 Å². The molecule has 0 saturated carbocycles. The zero-order valence-electron chi connectivity index (χ0n) is 13.6. The number of ketones is 1. The summed E-state index contributed by atoms with van der Waals surface area (Å²) in [5, 5.41) is 0.557. The Balaban J connectivity index is 1.99. The lowest BCUT2D eigenvalue weighted by atomic mass is 10.1. The molecule has 0 aliphatic carbocycles. The van der Waals surface area contributed by atoms with Crippen LogP contribution in [0.1, 0.15) is 24.2 Å². The number of para-hydroxylation sites is 1. The number of hydrogen-bond donors (Lipinski definition) is 0. The standard InChI is InChI=1S/C17H19NO5S/c1-3-22-17(21)10-16-18(15(20)11-24-16)8-9-23-14-7-5-4-6-13(14)12(2)19/h4-7,10H,3,8-9,11H2,1-2H3/b16-10-. The van der Waals surface area contributed by atoms with E-state index in [9.17, 15) is 14.4 Å². The number of benzene rings is 1. The quantitative estimate of drug-likeness (QED) is 0.427. The lowest BCUT2D eigenvalue weighted by molar-refractivity contribution is -0.137. The monoisotopic (exact) mass is 349 g/mol. The lowest BCUT2D eigenvalue weighted by Crippen LogP contribution is -2.29. The van der Waals surface area contributed by atoms with Crippen molar-refractivity contribution in [2.45, 2.75) is 13.8 Å². The third-order valence-corrected chi connectivity index (χ3v) is 4.30. The van der Waals surface area contributed by atoms with Gasteiger partial charge in [-0.1, -0.05) is 23.9 Å². The first kappa shape index (κ1) is 18.1. The van der Waals surface area contributed by atoms with Gasteiger partial charge in [0, 0.05) is 0 Å². The van der Waals surface area contributed by atoms with E-state index in [2.05, 4.69) is 0 Å². The number of esters is 1. The molecular weight excluding hydrogens is 330 g/mol. The van der Waals surface area contributed by atoms with Crippen molar-refractivity contribution in [1.82, 2.24) is 4.90 Å². The van der Waals surface area contributed by atoms with E-state index in [0.29, 0.717) is 22.9 Å². The normalized spacial score (nSPS) is 15.7. The molecule has 0 spiro atoms. The summed E-state index contributed by atoms with van der Waals surface area (Å²) < 4.78 is 10.5. The molecule has 6 nitrogen and oxygen atoms in total. The summed E-state index contributed by atoms with van der Waals surface area (Å²) in [6.07, 6.45) is 1.32. The summed E-state index contributed by atoms with van der Waals surface area (Å²) in [6.45, 7) is 4.00. The van der Waals surface area contributed by atoms with Gasteiger partial charge in [-0.25, -0.2) is 4.79 Å². The molecule has 0 unspecified atom stereocenters. The van der Waals surface area contributed by atoms with Crippen LogP contribution >= 0.6 is 11.8 Å². The number of Topliss-reactive ketones (excluding diaryl/α,β-unsaturated/α-hetero) is 1. The second-order valence-corrected chi connectivity index (χ2v) is 5.97. The van der Waals surface area contributed by atoms with Gasteiger partial charge < -0.3 is 14.4 Å². The van der Waals surface area contributed by atoms with Gasteiger partial charge >= 0.3 is 5.97 Å². The van der Waals surface area contributed by atoms with Crippen molar-refractivity contribution in [2.75, 3.05) is 25.5 Å². The Hall–Kier alpha value is -2.28. The predicted octanol–water partition coefficient (Wildman–Crippen LogP) is 2.25. The molecule has 24 heavy (non-hydrogen) atoms. The second-order valence-electron chi connectivity index (χ2n) is 4.97. The average molecular weight is 349 g/mol. The van der Waals surface area contributed by atoms with Crippen molar-refractivity contribution in [1.29, 1.82) is 0 Å². The maximum absolute atomic E-state index is 11.9. The maximum Gasteiger partial charge on any atom is 0.333 e. The SMILES string of the molecule is CCOC(=O)/C=C1\SCC(=O)N1CCOc1ccccc1C(C)=O. The summed E-state index contributed by atoms with van der Waals surface area (Å²) in [5.41, 5.74) is 0.502. The smallest absolute Gasteiger partial charge is 0.333 e. The number of carbonyl (C=O) groups is 3. The van der Waals surface area contributed by atoms with Crippen molar-refractivity contribution in [2.24, 2.45) is 0 Å².